The second-order valence-corrected chi connectivity index (χ2v) is 6.89. The number of benzene rings is 1. The zero-order valence-corrected chi connectivity index (χ0v) is 15.4. The van der Waals surface area contributed by atoms with E-state index in [0.717, 1.165) is 38.9 Å². The van der Waals surface area contributed by atoms with E-state index < -0.39 is 0 Å². The minimum Gasteiger partial charge on any atom is -0.349 e. The molecule has 134 valence electrons. The van der Waals surface area contributed by atoms with Gasteiger partial charge in [0, 0.05) is 25.6 Å². The molecule has 24 heavy (non-hydrogen) atoms. The maximum Gasteiger partial charge on any atom is 0.221 e. The molecule has 1 aromatic carbocycles. The lowest BCUT2D eigenvalue weighted by Crippen LogP contribution is -2.45. The lowest BCUT2D eigenvalue weighted by atomic mass is 9.87. The highest BCUT2D eigenvalue weighted by Crippen LogP contribution is 2.29. The molecule has 1 aliphatic carbocycles. The first-order valence-corrected chi connectivity index (χ1v) is 9.03. The molecule has 0 radical (unpaired) electrons. The molecule has 3 rings (SSSR count). The van der Waals surface area contributed by atoms with Gasteiger partial charge in [0.1, 0.15) is 0 Å². The monoisotopic (exact) mass is 351 g/mol. The molecular formula is C19H30ClN3O. The predicted octanol–water partition coefficient (Wildman–Crippen LogP) is 2.68. The van der Waals surface area contributed by atoms with E-state index in [1.165, 1.54) is 24.0 Å². The Morgan fingerprint density at radius 1 is 1.25 bits per heavy atom. The van der Waals surface area contributed by atoms with Crippen LogP contribution in [-0.2, 0) is 11.2 Å². The second-order valence-electron chi connectivity index (χ2n) is 6.89. The molecule has 1 aromatic rings. The number of hydrogen-bond donors (Lipinski definition) is 2. The Bertz CT molecular complexity index is 537. The second kappa shape index (κ2) is 9.40. The van der Waals surface area contributed by atoms with E-state index in [0.29, 0.717) is 12.5 Å². The standard InChI is InChI=1S/C19H29N3O.ClH/c1-20-16-8-5-12-22(14-16)13-11-19(23)21-18-10-4-7-15-6-2-3-9-17(15)18;/h2-3,6,9,16,18,20H,4-5,7-8,10-14H2,1H3,(H,21,23);1H. The van der Waals surface area contributed by atoms with Crippen LogP contribution in [0.4, 0.5) is 0 Å². The zero-order valence-electron chi connectivity index (χ0n) is 14.6. The van der Waals surface area contributed by atoms with E-state index in [2.05, 4.69) is 39.8 Å². The van der Waals surface area contributed by atoms with E-state index in [1.807, 2.05) is 7.05 Å². The fourth-order valence-corrected chi connectivity index (χ4v) is 3.92. The molecule has 4 nitrogen and oxygen atoms in total. The minimum absolute atomic E-state index is 0. The molecule has 0 bridgehead atoms. The Labute approximate surface area is 151 Å². The number of aryl methyl sites for hydroxylation is 1. The van der Waals surface area contributed by atoms with Crippen molar-refractivity contribution in [1.29, 1.82) is 0 Å². The number of halogens is 1. The SMILES string of the molecule is CNC1CCCN(CCC(=O)NC2CCCc3ccccc32)C1.Cl. The summed E-state index contributed by atoms with van der Waals surface area (Å²) in [6.45, 7) is 3.06. The molecule has 2 atom stereocenters. The van der Waals surface area contributed by atoms with Gasteiger partial charge in [-0.2, -0.15) is 0 Å². The summed E-state index contributed by atoms with van der Waals surface area (Å²) >= 11 is 0. The van der Waals surface area contributed by atoms with Crippen molar-refractivity contribution in [3.05, 3.63) is 35.4 Å². The molecule has 0 saturated carbocycles. The molecule has 2 aliphatic rings. The fraction of sp³-hybridized carbons (Fsp3) is 0.632. The van der Waals surface area contributed by atoms with Gasteiger partial charge in [-0.25, -0.2) is 0 Å². The zero-order chi connectivity index (χ0) is 16.1. The largest absolute Gasteiger partial charge is 0.349 e. The van der Waals surface area contributed by atoms with Crippen LogP contribution >= 0.6 is 12.4 Å². The smallest absolute Gasteiger partial charge is 0.221 e. The molecule has 0 spiro atoms. The van der Waals surface area contributed by atoms with E-state index in [4.69, 9.17) is 0 Å². The number of hydrogen-bond acceptors (Lipinski definition) is 3. The van der Waals surface area contributed by atoms with Crippen molar-refractivity contribution in [2.45, 2.75) is 50.6 Å². The summed E-state index contributed by atoms with van der Waals surface area (Å²) in [7, 11) is 2.03. The van der Waals surface area contributed by atoms with Crippen molar-refractivity contribution in [3.63, 3.8) is 0 Å². The van der Waals surface area contributed by atoms with Crippen molar-refractivity contribution >= 4 is 18.3 Å². The van der Waals surface area contributed by atoms with Crippen LogP contribution in [0.15, 0.2) is 24.3 Å². The highest BCUT2D eigenvalue weighted by Gasteiger charge is 2.22. The van der Waals surface area contributed by atoms with E-state index in [1.54, 1.807) is 0 Å². The lowest BCUT2D eigenvalue weighted by Gasteiger charge is -2.32. The average molecular weight is 352 g/mol. The maximum atomic E-state index is 12.4. The summed E-state index contributed by atoms with van der Waals surface area (Å²) in [5.41, 5.74) is 2.72. The van der Waals surface area contributed by atoms with Gasteiger partial charge in [0.25, 0.3) is 0 Å². The third-order valence-electron chi connectivity index (χ3n) is 5.27. The molecule has 1 aliphatic heterocycles. The van der Waals surface area contributed by atoms with Crippen LogP contribution in [0.25, 0.3) is 0 Å². The van der Waals surface area contributed by atoms with Gasteiger partial charge in [0.2, 0.25) is 5.91 Å². The number of fused-ring (bicyclic) bond motifs is 1. The number of piperidine rings is 1. The first-order chi connectivity index (χ1) is 11.3. The van der Waals surface area contributed by atoms with E-state index >= 15 is 0 Å². The fourth-order valence-electron chi connectivity index (χ4n) is 3.92. The van der Waals surface area contributed by atoms with Crippen molar-refractivity contribution in [2.24, 2.45) is 0 Å². The molecule has 1 amide bonds. The van der Waals surface area contributed by atoms with Gasteiger partial charge in [0.15, 0.2) is 0 Å². The van der Waals surface area contributed by atoms with Crippen LogP contribution in [0.5, 0.6) is 0 Å². The number of nitrogens with zero attached hydrogens (tertiary/aromatic N) is 1. The van der Waals surface area contributed by atoms with Crippen LogP contribution in [0, 0.1) is 0 Å². The number of likely N-dealkylation sites (N-methyl/N-ethyl adjacent to an activating group) is 1. The quantitative estimate of drug-likeness (QED) is 0.857. The van der Waals surface area contributed by atoms with Gasteiger partial charge in [-0.1, -0.05) is 24.3 Å². The number of amides is 1. The van der Waals surface area contributed by atoms with Crippen LogP contribution < -0.4 is 10.6 Å². The summed E-state index contributed by atoms with van der Waals surface area (Å²) < 4.78 is 0. The molecule has 2 unspecified atom stereocenters. The van der Waals surface area contributed by atoms with Gasteiger partial charge in [-0.3, -0.25) is 4.79 Å². The molecule has 1 saturated heterocycles. The highest BCUT2D eigenvalue weighted by molar-refractivity contribution is 5.85. The molecule has 1 fully saturated rings. The van der Waals surface area contributed by atoms with Gasteiger partial charge in [-0.05, 0) is 56.8 Å². The first kappa shape index (κ1) is 19.2. The number of carbonyl (C=O) groups excluding carboxylic acids is 1. The lowest BCUT2D eigenvalue weighted by molar-refractivity contribution is -0.122. The topological polar surface area (TPSA) is 44.4 Å². The summed E-state index contributed by atoms with van der Waals surface area (Å²) in [4.78, 5) is 14.8. The van der Waals surface area contributed by atoms with Crippen LogP contribution in [-0.4, -0.2) is 43.5 Å². The molecule has 5 heteroatoms. The average Bonchev–Trinajstić information content (AvgIpc) is 2.60. The number of likely N-dealkylation sites (tertiary alicyclic amines) is 1. The Morgan fingerprint density at radius 2 is 2.08 bits per heavy atom. The minimum atomic E-state index is 0. The maximum absolute atomic E-state index is 12.4. The first-order valence-electron chi connectivity index (χ1n) is 9.03. The number of nitrogens with one attached hydrogen (secondary N) is 2. The molecule has 1 heterocycles. The van der Waals surface area contributed by atoms with Crippen LogP contribution in [0.2, 0.25) is 0 Å². The molecule has 0 aromatic heterocycles. The summed E-state index contributed by atoms with van der Waals surface area (Å²) in [6, 6.07) is 9.32. The predicted molar refractivity (Wildman–Crippen MR) is 101 cm³/mol. The normalized spacial score (nSPS) is 23.9. The van der Waals surface area contributed by atoms with Crippen molar-refractivity contribution < 1.29 is 4.79 Å². The van der Waals surface area contributed by atoms with Crippen molar-refractivity contribution in [2.75, 3.05) is 26.7 Å². The van der Waals surface area contributed by atoms with Gasteiger partial charge in [-0.15, -0.1) is 12.4 Å². The van der Waals surface area contributed by atoms with Crippen molar-refractivity contribution in [3.8, 4) is 0 Å². The Hall–Kier alpha value is -1.10. The number of rotatable bonds is 5. The summed E-state index contributed by atoms with van der Waals surface area (Å²) in [5.74, 6) is 0.193. The Morgan fingerprint density at radius 3 is 2.92 bits per heavy atom. The van der Waals surface area contributed by atoms with Crippen molar-refractivity contribution in [1.82, 2.24) is 15.5 Å². The highest BCUT2D eigenvalue weighted by atomic mass is 35.5. The van der Waals surface area contributed by atoms with Gasteiger partial charge < -0.3 is 15.5 Å². The molecular weight excluding hydrogens is 322 g/mol. The van der Waals surface area contributed by atoms with Crippen LogP contribution in [0.1, 0.15) is 49.3 Å². The van der Waals surface area contributed by atoms with Crippen LogP contribution in [0.3, 0.4) is 0 Å². The van der Waals surface area contributed by atoms with Gasteiger partial charge >= 0.3 is 0 Å². The Balaban J connectivity index is 0.00000208. The molecule has 2 N–H and O–H groups in total. The Kier molecular flexibility index (Phi) is 7.53. The summed E-state index contributed by atoms with van der Waals surface area (Å²) in [6.07, 6.45) is 6.45. The summed E-state index contributed by atoms with van der Waals surface area (Å²) in [5, 5.41) is 6.61. The number of carbonyl (C=O) groups is 1. The van der Waals surface area contributed by atoms with E-state index in [9.17, 15) is 4.79 Å². The van der Waals surface area contributed by atoms with Gasteiger partial charge in [0.05, 0.1) is 6.04 Å². The van der Waals surface area contributed by atoms with E-state index in [-0.39, 0.29) is 24.4 Å². The third kappa shape index (κ3) is 4.95. The third-order valence-corrected chi connectivity index (χ3v) is 5.27.